The van der Waals surface area contributed by atoms with Crippen LogP contribution in [0.2, 0.25) is 0 Å². The van der Waals surface area contributed by atoms with Crippen molar-refractivity contribution in [2.24, 2.45) is 17.8 Å². The van der Waals surface area contributed by atoms with Gasteiger partial charge < -0.3 is 4.74 Å². The van der Waals surface area contributed by atoms with Crippen molar-refractivity contribution < 1.29 is 22.3 Å². The van der Waals surface area contributed by atoms with Crippen LogP contribution in [0.5, 0.6) is 5.75 Å². The molecule has 1 nitrogen and oxygen atoms in total. The lowest BCUT2D eigenvalue weighted by molar-refractivity contribution is -0.0546. The number of ether oxygens (including phenoxy) is 1. The standard InChI is InChI=1S/C20H24F4O/c1-2-3-12-4-5-14-9-15(7-6-13(14)8-12)16-10-17(21)19(18(22)11-16)25-20(23)24/h2-3,10-15,20H,4-9H2,1H3/t12-,13-,14-,15?/m1/s1. The van der Waals surface area contributed by atoms with Gasteiger partial charge >= 0.3 is 6.61 Å². The summed E-state index contributed by atoms with van der Waals surface area (Å²) in [6.45, 7) is -1.19. The van der Waals surface area contributed by atoms with E-state index in [1.807, 2.05) is 6.92 Å². The fourth-order valence-corrected chi connectivity index (χ4v) is 4.69. The topological polar surface area (TPSA) is 9.23 Å². The molecule has 0 aliphatic heterocycles. The first-order chi connectivity index (χ1) is 12.0. The summed E-state index contributed by atoms with van der Waals surface area (Å²) in [5.41, 5.74) is 0.561. The summed E-state index contributed by atoms with van der Waals surface area (Å²) in [5.74, 6) is -1.07. The fourth-order valence-electron chi connectivity index (χ4n) is 4.69. The second-order valence-corrected chi connectivity index (χ2v) is 7.32. The van der Waals surface area contributed by atoms with Crippen molar-refractivity contribution in [3.8, 4) is 5.75 Å². The molecule has 4 atom stereocenters. The Morgan fingerprint density at radius 2 is 1.64 bits per heavy atom. The van der Waals surface area contributed by atoms with E-state index < -0.39 is 24.0 Å². The lowest BCUT2D eigenvalue weighted by atomic mass is 9.64. The van der Waals surface area contributed by atoms with Crippen molar-refractivity contribution in [2.75, 3.05) is 0 Å². The van der Waals surface area contributed by atoms with Crippen molar-refractivity contribution in [1.82, 2.24) is 0 Å². The van der Waals surface area contributed by atoms with Crippen LogP contribution in [0.1, 0.15) is 56.9 Å². The third-order valence-corrected chi connectivity index (χ3v) is 5.82. The van der Waals surface area contributed by atoms with Crippen molar-refractivity contribution in [3.05, 3.63) is 41.5 Å². The average Bonchev–Trinajstić information content (AvgIpc) is 2.57. The van der Waals surface area contributed by atoms with Crippen LogP contribution in [0.4, 0.5) is 17.6 Å². The number of halogens is 4. The van der Waals surface area contributed by atoms with Crippen LogP contribution < -0.4 is 4.74 Å². The Morgan fingerprint density at radius 3 is 2.28 bits per heavy atom. The van der Waals surface area contributed by atoms with Gasteiger partial charge in [-0.15, -0.1) is 0 Å². The highest BCUT2D eigenvalue weighted by molar-refractivity contribution is 5.33. The van der Waals surface area contributed by atoms with Gasteiger partial charge in [0.15, 0.2) is 17.4 Å². The molecule has 0 radical (unpaired) electrons. The van der Waals surface area contributed by atoms with Crippen LogP contribution in [0.25, 0.3) is 0 Å². The molecule has 3 rings (SSSR count). The molecule has 25 heavy (non-hydrogen) atoms. The van der Waals surface area contributed by atoms with Gasteiger partial charge in [-0.05, 0) is 86.8 Å². The van der Waals surface area contributed by atoms with E-state index in [9.17, 15) is 17.6 Å². The molecule has 0 bridgehead atoms. The van der Waals surface area contributed by atoms with Gasteiger partial charge in [0, 0.05) is 0 Å². The second-order valence-electron chi connectivity index (χ2n) is 7.32. The van der Waals surface area contributed by atoms with Gasteiger partial charge in [-0.2, -0.15) is 8.78 Å². The van der Waals surface area contributed by atoms with Crippen molar-refractivity contribution >= 4 is 0 Å². The molecular formula is C20H24F4O. The van der Waals surface area contributed by atoms with Gasteiger partial charge in [0.05, 0.1) is 0 Å². The third-order valence-electron chi connectivity index (χ3n) is 5.82. The first kappa shape index (κ1) is 18.3. The lowest BCUT2D eigenvalue weighted by Gasteiger charge is -2.41. The zero-order valence-corrected chi connectivity index (χ0v) is 14.4. The number of benzene rings is 1. The van der Waals surface area contributed by atoms with Gasteiger partial charge in [-0.25, -0.2) is 8.78 Å². The van der Waals surface area contributed by atoms with Crippen molar-refractivity contribution in [1.29, 1.82) is 0 Å². The van der Waals surface area contributed by atoms with Crippen molar-refractivity contribution in [2.45, 2.75) is 58.0 Å². The molecule has 5 heteroatoms. The molecule has 0 amide bonds. The van der Waals surface area contributed by atoms with Gasteiger partial charge in [-0.3, -0.25) is 0 Å². The number of hydrogen-bond donors (Lipinski definition) is 0. The maximum Gasteiger partial charge on any atom is 0.387 e. The normalized spacial score (nSPS) is 29.8. The molecule has 0 N–H and O–H groups in total. The average molecular weight is 356 g/mol. The van der Waals surface area contributed by atoms with E-state index in [4.69, 9.17) is 0 Å². The molecule has 2 fully saturated rings. The predicted molar refractivity (Wildman–Crippen MR) is 88.7 cm³/mol. The Morgan fingerprint density at radius 1 is 1.00 bits per heavy atom. The number of allylic oxidation sites excluding steroid dienone is 2. The minimum absolute atomic E-state index is 0.0871. The van der Waals surface area contributed by atoms with Crippen LogP contribution in [-0.4, -0.2) is 6.61 Å². The Balaban J connectivity index is 1.70. The molecule has 0 aromatic heterocycles. The van der Waals surface area contributed by atoms with Crippen molar-refractivity contribution in [3.63, 3.8) is 0 Å². The predicted octanol–water partition coefficient (Wildman–Crippen LogP) is 6.44. The number of alkyl halides is 2. The molecule has 0 spiro atoms. The molecular weight excluding hydrogens is 332 g/mol. The SMILES string of the molecule is CC=C[C@@H]1CC[C@@H]2CC(c3cc(F)c(OC(F)F)c(F)c3)CC[C@@H]2C1. The summed E-state index contributed by atoms with van der Waals surface area (Å²) in [7, 11) is 0. The van der Waals surface area contributed by atoms with E-state index in [0.717, 1.165) is 37.8 Å². The summed E-state index contributed by atoms with van der Waals surface area (Å²) in [4.78, 5) is 0. The van der Waals surface area contributed by atoms with Crippen LogP contribution >= 0.6 is 0 Å². The van der Waals surface area contributed by atoms with Gasteiger partial charge in [0.25, 0.3) is 0 Å². The second kappa shape index (κ2) is 7.79. The van der Waals surface area contributed by atoms with Gasteiger partial charge in [0.1, 0.15) is 0 Å². The number of fused-ring (bicyclic) bond motifs is 1. The van der Waals surface area contributed by atoms with E-state index >= 15 is 0 Å². The first-order valence-corrected chi connectivity index (χ1v) is 9.04. The third kappa shape index (κ3) is 4.18. The summed E-state index contributed by atoms with van der Waals surface area (Å²) >= 11 is 0. The van der Waals surface area contributed by atoms with Gasteiger partial charge in [-0.1, -0.05) is 12.2 Å². The molecule has 138 valence electrons. The van der Waals surface area contributed by atoms with E-state index in [1.165, 1.54) is 12.8 Å². The highest BCUT2D eigenvalue weighted by atomic mass is 19.3. The molecule has 0 saturated heterocycles. The zero-order valence-electron chi connectivity index (χ0n) is 14.4. The minimum Gasteiger partial charge on any atom is -0.429 e. The zero-order chi connectivity index (χ0) is 18.0. The van der Waals surface area contributed by atoms with E-state index in [1.54, 1.807) is 0 Å². The highest BCUT2D eigenvalue weighted by Crippen LogP contribution is 2.48. The van der Waals surface area contributed by atoms with E-state index in [-0.39, 0.29) is 5.92 Å². The van der Waals surface area contributed by atoms with Gasteiger partial charge in [0.2, 0.25) is 0 Å². The van der Waals surface area contributed by atoms with Crippen LogP contribution in [-0.2, 0) is 0 Å². The van der Waals surface area contributed by atoms with E-state index in [2.05, 4.69) is 16.9 Å². The Kier molecular flexibility index (Phi) is 5.70. The monoisotopic (exact) mass is 356 g/mol. The molecule has 1 aromatic carbocycles. The number of hydrogen-bond acceptors (Lipinski definition) is 1. The minimum atomic E-state index is -3.24. The Hall–Kier alpha value is -1.52. The summed E-state index contributed by atoms with van der Waals surface area (Å²) in [6.07, 6.45) is 10.8. The smallest absolute Gasteiger partial charge is 0.387 e. The van der Waals surface area contributed by atoms with E-state index in [0.29, 0.717) is 23.3 Å². The summed E-state index contributed by atoms with van der Waals surface area (Å²) < 4.78 is 56.4. The Labute approximate surface area is 146 Å². The maximum atomic E-state index is 14.0. The molecule has 2 saturated carbocycles. The highest BCUT2D eigenvalue weighted by Gasteiger charge is 2.35. The molecule has 1 unspecified atom stereocenters. The lowest BCUT2D eigenvalue weighted by Crippen LogP contribution is -2.30. The first-order valence-electron chi connectivity index (χ1n) is 9.04. The Bertz CT molecular complexity index is 605. The molecule has 0 heterocycles. The largest absolute Gasteiger partial charge is 0.429 e. The summed E-state index contributed by atoms with van der Waals surface area (Å²) in [5, 5.41) is 0. The molecule has 2 aliphatic rings. The van der Waals surface area contributed by atoms with Crippen LogP contribution in [0.3, 0.4) is 0 Å². The number of rotatable bonds is 4. The van der Waals surface area contributed by atoms with Crippen LogP contribution in [0.15, 0.2) is 24.3 Å². The maximum absolute atomic E-state index is 14.0. The molecule has 2 aliphatic carbocycles. The quantitative estimate of drug-likeness (QED) is 0.445. The molecule has 1 aromatic rings. The fraction of sp³-hybridized carbons (Fsp3) is 0.600. The summed E-state index contributed by atoms with van der Waals surface area (Å²) in [6, 6.07) is 2.33. The van der Waals surface area contributed by atoms with Crippen LogP contribution in [0, 0.1) is 29.4 Å².